The van der Waals surface area contributed by atoms with Crippen molar-refractivity contribution in [2.75, 3.05) is 33.4 Å². The number of nitrogens with zero attached hydrogens (tertiary/aromatic N) is 2. The van der Waals surface area contributed by atoms with Gasteiger partial charge in [0.25, 0.3) is 0 Å². The van der Waals surface area contributed by atoms with Crippen LogP contribution in [-0.4, -0.2) is 50.4 Å². The molecule has 4 fully saturated rings. The summed E-state index contributed by atoms with van der Waals surface area (Å²) in [6.07, 6.45) is 13.9. The number of aliphatic imine (C=N–C) groups is 1. The summed E-state index contributed by atoms with van der Waals surface area (Å²) in [6, 6.07) is 0. The molecule has 4 nitrogen and oxygen atoms in total. The van der Waals surface area contributed by atoms with Crippen LogP contribution in [0.3, 0.4) is 0 Å². The number of hydrogen-bond acceptors (Lipinski definition) is 4. The standard InChI is InChI=1S/C26H42N2O2/c1-25-10-8-18(16-30-3)14-19(25)4-5-20-21-6-7-23(26(21,2)11-9-22(20)25)24(29)15-28-13-12-27-17-28/h17-23H,4-16H2,1-3H3/t18-,19?,20-,21?,22?,23?,25-,26-/m0/s1. The van der Waals surface area contributed by atoms with Gasteiger partial charge in [-0.2, -0.15) is 0 Å². The van der Waals surface area contributed by atoms with Crippen LogP contribution in [0.4, 0.5) is 0 Å². The third-order valence-electron chi connectivity index (χ3n) is 10.7. The molecule has 0 saturated heterocycles. The number of ether oxygens (including phenoxy) is 1. The van der Waals surface area contributed by atoms with Gasteiger partial charge in [-0.25, -0.2) is 0 Å². The molecule has 5 rings (SSSR count). The lowest BCUT2D eigenvalue weighted by Gasteiger charge is -2.61. The van der Waals surface area contributed by atoms with Crippen LogP contribution >= 0.6 is 0 Å². The van der Waals surface area contributed by atoms with Crippen LogP contribution in [0.1, 0.15) is 71.6 Å². The lowest BCUT2D eigenvalue weighted by atomic mass is 9.44. The summed E-state index contributed by atoms with van der Waals surface area (Å²) in [5.74, 6) is 4.96. The van der Waals surface area contributed by atoms with Crippen molar-refractivity contribution in [3.8, 4) is 0 Å². The Morgan fingerprint density at radius 1 is 1.07 bits per heavy atom. The molecule has 1 heterocycles. The molecule has 30 heavy (non-hydrogen) atoms. The van der Waals surface area contributed by atoms with E-state index >= 15 is 0 Å². The van der Waals surface area contributed by atoms with Gasteiger partial charge in [-0.1, -0.05) is 13.8 Å². The van der Waals surface area contributed by atoms with E-state index in [1.807, 2.05) is 13.4 Å². The number of Topliss-reactive ketones (excluding diaryl/α,β-unsaturated/α-hetero) is 1. The molecule has 0 aromatic rings. The molecule has 168 valence electrons. The van der Waals surface area contributed by atoms with Gasteiger partial charge in [0.2, 0.25) is 0 Å². The summed E-state index contributed by atoms with van der Waals surface area (Å²) in [7, 11) is 1.86. The van der Waals surface area contributed by atoms with Crippen molar-refractivity contribution in [2.24, 2.45) is 51.3 Å². The largest absolute Gasteiger partial charge is 0.384 e. The number of carbonyl (C=O) groups is 1. The third kappa shape index (κ3) is 3.27. The SMILES string of the molecule is COC[C@H]1CC[C@@]2(C)C(CC[C@@H]3C2CC[C@]2(C)C(C(=O)CN4C=NCC4)CCC32)C1. The number of methoxy groups -OCH3 is 1. The maximum atomic E-state index is 13.3. The van der Waals surface area contributed by atoms with Gasteiger partial charge in [-0.3, -0.25) is 9.79 Å². The number of hydrogen-bond donors (Lipinski definition) is 0. The predicted octanol–water partition coefficient (Wildman–Crippen LogP) is 4.82. The van der Waals surface area contributed by atoms with Gasteiger partial charge in [0.1, 0.15) is 0 Å². The molecule has 4 saturated carbocycles. The minimum Gasteiger partial charge on any atom is -0.384 e. The molecule has 0 radical (unpaired) electrons. The van der Waals surface area contributed by atoms with Crippen molar-refractivity contribution in [1.82, 2.24) is 4.90 Å². The van der Waals surface area contributed by atoms with Gasteiger partial charge in [0.05, 0.1) is 19.4 Å². The fraction of sp³-hybridized carbons (Fsp3) is 0.923. The fourth-order valence-electron chi connectivity index (χ4n) is 9.11. The molecule has 1 aliphatic heterocycles. The summed E-state index contributed by atoms with van der Waals surface area (Å²) in [6.45, 7) is 8.45. The molecule has 4 aliphatic carbocycles. The Kier molecular flexibility index (Phi) is 5.52. The topological polar surface area (TPSA) is 41.9 Å². The second-order valence-electron chi connectivity index (χ2n) is 11.9. The maximum absolute atomic E-state index is 13.3. The highest BCUT2D eigenvalue weighted by molar-refractivity contribution is 5.86. The maximum Gasteiger partial charge on any atom is 0.155 e. The molecule has 5 aliphatic rings. The van der Waals surface area contributed by atoms with Gasteiger partial charge < -0.3 is 9.64 Å². The van der Waals surface area contributed by atoms with Crippen LogP contribution in [0.15, 0.2) is 4.99 Å². The van der Waals surface area contributed by atoms with E-state index in [4.69, 9.17) is 4.74 Å². The molecule has 0 N–H and O–H groups in total. The Balaban J connectivity index is 1.30. The van der Waals surface area contributed by atoms with Crippen LogP contribution in [-0.2, 0) is 9.53 Å². The van der Waals surface area contributed by atoms with Crippen molar-refractivity contribution in [1.29, 1.82) is 0 Å². The summed E-state index contributed by atoms with van der Waals surface area (Å²) in [4.78, 5) is 19.7. The molecule has 4 heteroatoms. The molecular weight excluding hydrogens is 372 g/mol. The van der Waals surface area contributed by atoms with E-state index < -0.39 is 0 Å². The van der Waals surface area contributed by atoms with Crippen molar-refractivity contribution in [3.05, 3.63) is 0 Å². The highest BCUT2D eigenvalue weighted by Crippen LogP contribution is 2.67. The quantitative estimate of drug-likeness (QED) is 0.648. The predicted molar refractivity (Wildman–Crippen MR) is 121 cm³/mol. The Morgan fingerprint density at radius 2 is 1.87 bits per heavy atom. The minimum atomic E-state index is 0.242. The van der Waals surface area contributed by atoms with E-state index in [2.05, 4.69) is 23.7 Å². The zero-order chi connectivity index (χ0) is 20.9. The molecule has 8 atom stereocenters. The summed E-state index contributed by atoms with van der Waals surface area (Å²) < 4.78 is 5.51. The van der Waals surface area contributed by atoms with Crippen LogP contribution in [0.2, 0.25) is 0 Å². The smallest absolute Gasteiger partial charge is 0.155 e. The zero-order valence-electron chi connectivity index (χ0n) is 19.4. The first-order chi connectivity index (χ1) is 14.5. The highest BCUT2D eigenvalue weighted by Gasteiger charge is 2.61. The molecule has 0 amide bonds. The van der Waals surface area contributed by atoms with Crippen LogP contribution in [0.5, 0.6) is 0 Å². The highest BCUT2D eigenvalue weighted by atomic mass is 16.5. The van der Waals surface area contributed by atoms with Gasteiger partial charge in [-0.05, 0) is 98.2 Å². The third-order valence-corrected chi connectivity index (χ3v) is 10.7. The van der Waals surface area contributed by atoms with E-state index in [1.54, 1.807) is 0 Å². The lowest BCUT2D eigenvalue weighted by molar-refractivity contribution is -0.138. The van der Waals surface area contributed by atoms with Crippen molar-refractivity contribution >= 4 is 12.1 Å². The average Bonchev–Trinajstić information content (AvgIpc) is 3.35. The Morgan fingerprint density at radius 3 is 2.63 bits per heavy atom. The first-order valence-electron chi connectivity index (χ1n) is 12.7. The summed E-state index contributed by atoms with van der Waals surface area (Å²) >= 11 is 0. The number of ketones is 1. The van der Waals surface area contributed by atoms with Gasteiger partial charge >= 0.3 is 0 Å². The van der Waals surface area contributed by atoms with E-state index in [-0.39, 0.29) is 11.3 Å². The minimum absolute atomic E-state index is 0.242. The van der Waals surface area contributed by atoms with Gasteiger partial charge in [-0.15, -0.1) is 0 Å². The van der Waals surface area contributed by atoms with Crippen molar-refractivity contribution in [2.45, 2.75) is 71.6 Å². The molecule has 0 spiro atoms. The number of fused-ring (bicyclic) bond motifs is 5. The fourth-order valence-corrected chi connectivity index (χ4v) is 9.11. The van der Waals surface area contributed by atoms with E-state index in [0.29, 0.717) is 17.7 Å². The van der Waals surface area contributed by atoms with Crippen molar-refractivity contribution in [3.63, 3.8) is 0 Å². The second kappa shape index (κ2) is 7.90. The Labute approximate surface area is 183 Å². The molecular formula is C26H42N2O2. The summed E-state index contributed by atoms with van der Waals surface area (Å²) in [5, 5.41) is 0. The van der Waals surface area contributed by atoms with Gasteiger partial charge in [0.15, 0.2) is 5.78 Å². The zero-order valence-corrected chi connectivity index (χ0v) is 19.4. The van der Waals surface area contributed by atoms with E-state index in [1.165, 1.54) is 51.4 Å². The average molecular weight is 415 g/mol. The monoisotopic (exact) mass is 414 g/mol. The normalized spacial score (nSPS) is 47.6. The molecule has 0 bridgehead atoms. The molecule has 0 aromatic heterocycles. The molecule has 4 unspecified atom stereocenters. The van der Waals surface area contributed by atoms with Crippen molar-refractivity contribution < 1.29 is 9.53 Å². The lowest BCUT2D eigenvalue weighted by Crippen LogP contribution is -2.54. The first-order valence-corrected chi connectivity index (χ1v) is 12.7. The Hall–Kier alpha value is -0.900. The van der Waals surface area contributed by atoms with E-state index in [0.717, 1.165) is 55.7 Å². The number of carbonyl (C=O) groups excluding carboxylic acids is 1. The van der Waals surface area contributed by atoms with Crippen LogP contribution < -0.4 is 0 Å². The first kappa shape index (κ1) is 21.0. The number of rotatable bonds is 5. The summed E-state index contributed by atoms with van der Waals surface area (Å²) in [5.41, 5.74) is 0.772. The Bertz CT molecular complexity index is 693. The second-order valence-corrected chi connectivity index (χ2v) is 11.9. The molecule has 0 aromatic carbocycles. The van der Waals surface area contributed by atoms with E-state index in [9.17, 15) is 4.79 Å². The van der Waals surface area contributed by atoms with Crippen LogP contribution in [0, 0.1) is 46.3 Å². The van der Waals surface area contributed by atoms with Gasteiger partial charge in [0, 0.05) is 26.2 Å². The van der Waals surface area contributed by atoms with Crippen LogP contribution in [0.25, 0.3) is 0 Å².